The first-order chi connectivity index (χ1) is 17.7. The molecule has 0 fully saturated rings. The van der Waals surface area contributed by atoms with Crippen LogP contribution in [-0.4, -0.2) is 36.8 Å². The molecule has 2 aromatic carbocycles. The second-order valence-electron chi connectivity index (χ2n) is 8.80. The Morgan fingerprint density at radius 2 is 1.44 bits per heavy atom. The van der Waals surface area contributed by atoms with Gasteiger partial charge in [0, 0.05) is 24.2 Å². The van der Waals surface area contributed by atoms with Crippen molar-refractivity contribution in [2.45, 2.75) is 18.9 Å². The van der Waals surface area contributed by atoms with Crippen LogP contribution >= 0.6 is 0 Å². The summed E-state index contributed by atoms with van der Waals surface area (Å²) >= 11 is 0. The Labute approximate surface area is 207 Å². The van der Waals surface area contributed by atoms with Crippen molar-refractivity contribution in [1.29, 1.82) is 0 Å². The van der Waals surface area contributed by atoms with Crippen molar-refractivity contribution < 1.29 is 9.47 Å². The topological polar surface area (TPSA) is 98.1 Å². The number of ether oxygens (including phenoxy) is 2. The average Bonchev–Trinajstić information content (AvgIpc) is 3.72. The highest BCUT2D eigenvalue weighted by molar-refractivity contribution is 6.01. The highest BCUT2D eigenvalue weighted by atomic mass is 16.7. The van der Waals surface area contributed by atoms with E-state index in [2.05, 4.69) is 54.5 Å². The third-order valence-corrected chi connectivity index (χ3v) is 6.79. The van der Waals surface area contributed by atoms with E-state index in [9.17, 15) is 0 Å². The largest absolute Gasteiger partial charge is 0.436 e. The Morgan fingerprint density at radius 3 is 2.06 bits per heavy atom. The molecule has 7 rings (SSSR count). The van der Waals surface area contributed by atoms with Gasteiger partial charge in [-0.1, -0.05) is 42.5 Å². The van der Waals surface area contributed by atoms with Crippen LogP contribution in [0.2, 0.25) is 0 Å². The number of benzene rings is 2. The summed E-state index contributed by atoms with van der Waals surface area (Å²) in [4.78, 5) is 3.38. The van der Waals surface area contributed by atoms with E-state index >= 15 is 0 Å². The lowest BCUT2D eigenvalue weighted by Gasteiger charge is -2.42. The van der Waals surface area contributed by atoms with Crippen LogP contribution in [0.25, 0.3) is 11.3 Å². The molecule has 0 saturated heterocycles. The zero-order valence-electron chi connectivity index (χ0n) is 19.4. The Balaban J connectivity index is 1.53. The number of aromatic amines is 3. The number of hydrogen-bond donors (Lipinski definition) is 3. The lowest BCUT2D eigenvalue weighted by atomic mass is 9.82. The molecule has 2 aliphatic rings. The number of anilines is 1. The summed E-state index contributed by atoms with van der Waals surface area (Å²) in [6, 6.07) is 26.0. The fourth-order valence-corrected chi connectivity index (χ4v) is 5.20. The first-order valence-electron chi connectivity index (χ1n) is 11.7. The highest BCUT2D eigenvalue weighted by Gasteiger charge is 2.57. The van der Waals surface area contributed by atoms with Gasteiger partial charge in [0.1, 0.15) is 5.82 Å². The number of aromatic nitrogens is 5. The minimum absolute atomic E-state index is 0.697. The number of H-pyrrole nitrogens is 3. The SMILES string of the molecule is CC1(c2ccccc2)C(c2ccn[nH]2)=C(c2ccn[nH]2)N(c2ccc[nH]2)N1C1Oc2ccccc2O1. The van der Waals surface area contributed by atoms with Crippen molar-refractivity contribution in [2.24, 2.45) is 0 Å². The summed E-state index contributed by atoms with van der Waals surface area (Å²) in [5, 5.41) is 19.2. The maximum absolute atomic E-state index is 6.44. The molecule has 1 unspecified atom stereocenters. The molecule has 5 aromatic rings. The van der Waals surface area contributed by atoms with Crippen LogP contribution in [0.4, 0.5) is 5.82 Å². The highest BCUT2D eigenvalue weighted by Crippen LogP contribution is 2.55. The Bertz CT molecular complexity index is 1490. The molecule has 9 nitrogen and oxygen atoms in total. The van der Waals surface area contributed by atoms with Crippen LogP contribution in [0.1, 0.15) is 23.9 Å². The van der Waals surface area contributed by atoms with Gasteiger partial charge in [-0.3, -0.25) is 10.2 Å². The summed E-state index contributed by atoms with van der Waals surface area (Å²) < 4.78 is 12.9. The molecule has 0 saturated carbocycles. The second-order valence-corrected chi connectivity index (χ2v) is 8.80. The minimum atomic E-state index is -0.755. The standard InChI is InChI=1S/C27H23N7O2/c1-27(18-8-3-2-4-9-18)24(19-13-16-29-31-19)25(20-14-17-30-32-20)33(23-12-7-15-28-23)34(27)26-35-21-10-5-6-11-22(21)36-26/h2-17,26,28H,1H3,(H,29,31)(H,30,32). The van der Waals surface area contributed by atoms with Crippen LogP contribution in [0.3, 0.4) is 0 Å². The minimum Gasteiger partial charge on any atom is -0.436 e. The number of nitrogens with one attached hydrogen (secondary N) is 3. The molecule has 5 heterocycles. The number of rotatable bonds is 5. The van der Waals surface area contributed by atoms with Gasteiger partial charge in [0.2, 0.25) is 0 Å². The molecular formula is C27H23N7O2. The third kappa shape index (κ3) is 2.93. The van der Waals surface area contributed by atoms with E-state index in [0.29, 0.717) is 11.5 Å². The molecular weight excluding hydrogens is 454 g/mol. The molecule has 3 aromatic heterocycles. The van der Waals surface area contributed by atoms with Gasteiger partial charge < -0.3 is 14.5 Å². The number of fused-ring (bicyclic) bond motifs is 1. The third-order valence-electron chi connectivity index (χ3n) is 6.79. The molecule has 3 N–H and O–H groups in total. The van der Waals surface area contributed by atoms with Gasteiger partial charge in [-0.05, 0) is 48.9 Å². The molecule has 0 spiro atoms. The second kappa shape index (κ2) is 7.89. The number of nitrogens with zero attached hydrogens (tertiary/aromatic N) is 4. The van der Waals surface area contributed by atoms with Gasteiger partial charge in [0.25, 0.3) is 0 Å². The smallest absolute Gasteiger partial charge is 0.323 e. The summed E-state index contributed by atoms with van der Waals surface area (Å²) in [7, 11) is 0. The number of hydrogen-bond acceptors (Lipinski definition) is 6. The van der Waals surface area contributed by atoms with Gasteiger partial charge in [-0.15, -0.1) is 5.01 Å². The van der Waals surface area contributed by atoms with Crippen molar-refractivity contribution in [3.05, 3.63) is 114 Å². The quantitative estimate of drug-likeness (QED) is 0.338. The van der Waals surface area contributed by atoms with E-state index < -0.39 is 12.0 Å². The van der Waals surface area contributed by atoms with Crippen LogP contribution < -0.4 is 14.5 Å². The molecule has 36 heavy (non-hydrogen) atoms. The lowest BCUT2D eigenvalue weighted by Crippen LogP contribution is -2.57. The molecule has 0 radical (unpaired) electrons. The summed E-state index contributed by atoms with van der Waals surface area (Å²) in [6.45, 7) is 2.17. The lowest BCUT2D eigenvalue weighted by molar-refractivity contribution is -0.118. The van der Waals surface area contributed by atoms with Crippen molar-refractivity contribution in [2.75, 3.05) is 5.01 Å². The number of para-hydroxylation sites is 2. The molecule has 1 atom stereocenters. The van der Waals surface area contributed by atoms with E-state index in [1.165, 1.54) is 0 Å². The van der Waals surface area contributed by atoms with Crippen LogP contribution in [0.5, 0.6) is 11.5 Å². The zero-order chi connectivity index (χ0) is 24.1. The summed E-state index contributed by atoms with van der Waals surface area (Å²) in [6.07, 6.45) is 4.66. The fraction of sp³-hybridized carbons (Fsp3) is 0.111. The van der Waals surface area contributed by atoms with Crippen molar-refractivity contribution in [3.63, 3.8) is 0 Å². The summed E-state index contributed by atoms with van der Waals surface area (Å²) in [5.41, 5.74) is 3.92. The fourth-order valence-electron chi connectivity index (χ4n) is 5.20. The van der Waals surface area contributed by atoms with E-state index in [1.807, 2.05) is 72.9 Å². The van der Waals surface area contributed by atoms with Gasteiger partial charge in [-0.2, -0.15) is 10.2 Å². The van der Waals surface area contributed by atoms with Crippen LogP contribution in [0, 0.1) is 0 Å². The van der Waals surface area contributed by atoms with E-state index in [-0.39, 0.29) is 0 Å². The first-order valence-corrected chi connectivity index (χ1v) is 11.7. The van der Waals surface area contributed by atoms with Crippen molar-refractivity contribution >= 4 is 17.1 Å². The monoisotopic (exact) mass is 477 g/mol. The Kier molecular flexibility index (Phi) is 4.52. The molecule has 178 valence electrons. The van der Waals surface area contributed by atoms with Gasteiger partial charge in [0.15, 0.2) is 11.5 Å². The first kappa shape index (κ1) is 20.6. The predicted octanol–water partition coefficient (Wildman–Crippen LogP) is 4.74. The van der Waals surface area contributed by atoms with Crippen molar-refractivity contribution in [3.8, 4) is 11.5 Å². The zero-order valence-corrected chi connectivity index (χ0v) is 19.4. The maximum atomic E-state index is 6.44. The number of hydrazine groups is 1. The maximum Gasteiger partial charge on any atom is 0.323 e. The predicted molar refractivity (Wildman–Crippen MR) is 134 cm³/mol. The Morgan fingerprint density at radius 1 is 0.778 bits per heavy atom. The molecule has 2 aliphatic heterocycles. The van der Waals surface area contributed by atoms with Gasteiger partial charge >= 0.3 is 6.41 Å². The van der Waals surface area contributed by atoms with E-state index in [1.54, 1.807) is 12.4 Å². The van der Waals surface area contributed by atoms with Crippen LogP contribution in [0.15, 0.2) is 97.5 Å². The molecule has 0 amide bonds. The van der Waals surface area contributed by atoms with Crippen LogP contribution in [-0.2, 0) is 5.54 Å². The molecule has 0 aliphatic carbocycles. The van der Waals surface area contributed by atoms with Crippen molar-refractivity contribution in [1.82, 2.24) is 30.4 Å². The van der Waals surface area contributed by atoms with Gasteiger partial charge in [0.05, 0.1) is 22.6 Å². The normalized spacial score (nSPS) is 20.0. The van der Waals surface area contributed by atoms with Gasteiger partial charge in [-0.25, -0.2) is 5.01 Å². The molecule has 0 bridgehead atoms. The Hall–Kier alpha value is -4.76. The van der Waals surface area contributed by atoms with E-state index in [4.69, 9.17) is 9.47 Å². The average molecular weight is 478 g/mol. The van der Waals surface area contributed by atoms with E-state index in [0.717, 1.165) is 34.0 Å². The summed E-state index contributed by atoms with van der Waals surface area (Å²) in [5.74, 6) is 2.24. The molecule has 9 heteroatoms.